The Morgan fingerprint density at radius 1 is 0.755 bits per heavy atom. The lowest BCUT2D eigenvalue weighted by Gasteiger charge is -2.23. The van der Waals surface area contributed by atoms with Crippen LogP contribution in [0.2, 0.25) is 0 Å². The van der Waals surface area contributed by atoms with Crippen molar-refractivity contribution in [2.75, 3.05) is 0 Å². The van der Waals surface area contributed by atoms with Crippen molar-refractivity contribution in [3.8, 4) is 34.7 Å². The number of ether oxygens (including phenoxy) is 1. The molecule has 6 aromatic rings. The van der Waals surface area contributed by atoms with Crippen molar-refractivity contribution in [3.63, 3.8) is 0 Å². The summed E-state index contributed by atoms with van der Waals surface area (Å²) in [6, 6.07) is 29.9. The zero-order valence-corrected chi connectivity index (χ0v) is 28.0. The van der Waals surface area contributed by atoms with Crippen molar-refractivity contribution in [1.29, 1.82) is 10.5 Å². The standard InChI is InChI=1S/C22H22N4O2.C17H14N4/c1-14(25-21(27)28-22(2,3)4)20-17(18-9-5-6-11-24-18)12-16-15(13-23)8-7-10-19(16)26-20;1-11(19)17-14(15-6-2-3-8-20-15)9-13-12(10-18)5-4-7-16(13)21-17/h5-12,14H,1-4H3,(H,25,27);2-9,11H,19H2,1H3. The molecular weight excluding hydrogens is 612 g/mol. The molecule has 2 aromatic carbocycles. The predicted octanol–water partition coefficient (Wildman–Crippen LogP) is 7.94. The van der Waals surface area contributed by atoms with Gasteiger partial charge in [0.25, 0.3) is 0 Å². The van der Waals surface area contributed by atoms with Gasteiger partial charge in [0.2, 0.25) is 0 Å². The van der Waals surface area contributed by atoms with E-state index in [4.69, 9.17) is 15.5 Å². The molecule has 10 heteroatoms. The number of pyridine rings is 4. The third-order valence-corrected chi connectivity index (χ3v) is 7.47. The lowest BCUT2D eigenvalue weighted by Crippen LogP contribution is -2.34. The Morgan fingerprint density at radius 3 is 1.67 bits per heavy atom. The number of nitriles is 2. The van der Waals surface area contributed by atoms with Crippen molar-refractivity contribution in [3.05, 3.63) is 120 Å². The second-order valence-corrected chi connectivity index (χ2v) is 12.4. The summed E-state index contributed by atoms with van der Waals surface area (Å²) in [6.07, 6.45) is 2.92. The highest BCUT2D eigenvalue weighted by Gasteiger charge is 2.22. The fourth-order valence-corrected chi connectivity index (χ4v) is 5.30. The Labute approximate surface area is 285 Å². The average molecular weight is 649 g/mol. The number of hydrogen-bond donors (Lipinski definition) is 2. The SMILES string of the molecule is CC(N)c1nc2cccc(C#N)c2cc1-c1ccccn1.CC(NC(=O)OC(C)(C)C)c1nc2cccc(C#N)c2cc1-c1ccccn1. The van der Waals surface area contributed by atoms with Crippen LogP contribution in [0.1, 0.15) is 69.2 Å². The summed E-state index contributed by atoms with van der Waals surface area (Å²) in [5.41, 5.74) is 12.7. The van der Waals surface area contributed by atoms with Crippen LogP contribution in [-0.2, 0) is 4.74 Å². The number of nitrogens with two attached hydrogens (primary N) is 1. The van der Waals surface area contributed by atoms with Crippen molar-refractivity contribution in [1.82, 2.24) is 25.3 Å². The molecule has 0 saturated heterocycles. The number of benzene rings is 2. The fraction of sp³-hybridized carbons (Fsp3) is 0.205. The summed E-state index contributed by atoms with van der Waals surface area (Å²) in [6.45, 7) is 9.18. The number of carbonyl (C=O) groups is 1. The molecule has 0 saturated carbocycles. The molecule has 0 bridgehead atoms. The lowest BCUT2D eigenvalue weighted by molar-refractivity contribution is 0.0507. The van der Waals surface area contributed by atoms with E-state index in [0.717, 1.165) is 44.5 Å². The van der Waals surface area contributed by atoms with Gasteiger partial charge in [-0.1, -0.05) is 24.3 Å². The Kier molecular flexibility index (Phi) is 10.2. The molecule has 0 spiro atoms. The number of rotatable bonds is 5. The van der Waals surface area contributed by atoms with Gasteiger partial charge in [-0.2, -0.15) is 10.5 Å². The van der Waals surface area contributed by atoms with E-state index >= 15 is 0 Å². The van der Waals surface area contributed by atoms with Crippen molar-refractivity contribution in [2.45, 2.75) is 52.3 Å². The minimum Gasteiger partial charge on any atom is -0.444 e. The molecule has 4 aromatic heterocycles. The largest absolute Gasteiger partial charge is 0.444 e. The number of nitrogens with one attached hydrogen (secondary N) is 1. The third kappa shape index (κ3) is 8.02. The first kappa shape index (κ1) is 34.1. The van der Waals surface area contributed by atoms with Crippen LogP contribution < -0.4 is 11.1 Å². The minimum absolute atomic E-state index is 0.211. The number of fused-ring (bicyclic) bond motifs is 2. The predicted molar refractivity (Wildman–Crippen MR) is 190 cm³/mol. The molecule has 244 valence electrons. The maximum atomic E-state index is 12.2. The summed E-state index contributed by atoms with van der Waals surface area (Å²) < 4.78 is 5.36. The Morgan fingerprint density at radius 2 is 1.24 bits per heavy atom. The van der Waals surface area contributed by atoms with E-state index in [2.05, 4.69) is 32.4 Å². The molecule has 0 radical (unpaired) electrons. The average Bonchev–Trinajstić information content (AvgIpc) is 3.10. The summed E-state index contributed by atoms with van der Waals surface area (Å²) in [5.74, 6) is 0. The minimum atomic E-state index is -0.591. The van der Waals surface area contributed by atoms with Gasteiger partial charge in [-0.3, -0.25) is 15.0 Å². The molecule has 1 amide bonds. The topological polar surface area (TPSA) is 163 Å². The van der Waals surface area contributed by atoms with Crippen LogP contribution in [0.4, 0.5) is 4.79 Å². The first-order chi connectivity index (χ1) is 23.5. The first-order valence-corrected chi connectivity index (χ1v) is 15.7. The lowest BCUT2D eigenvalue weighted by atomic mass is 9.99. The van der Waals surface area contributed by atoms with E-state index in [1.807, 2.05) is 101 Å². The van der Waals surface area contributed by atoms with Crippen LogP contribution in [0.15, 0.2) is 97.3 Å². The zero-order valence-electron chi connectivity index (χ0n) is 28.0. The Balaban J connectivity index is 0.000000199. The molecule has 6 rings (SSSR count). The molecule has 2 atom stereocenters. The molecule has 4 heterocycles. The third-order valence-electron chi connectivity index (χ3n) is 7.47. The van der Waals surface area contributed by atoms with Crippen molar-refractivity contribution in [2.24, 2.45) is 5.73 Å². The van der Waals surface area contributed by atoms with Crippen LogP contribution in [0.3, 0.4) is 0 Å². The van der Waals surface area contributed by atoms with Crippen LogP contribution in [0.25, 0.3) is 44.3 Å². The quantitative estimate of drug-likeness (QED) is 0.189. The molecule has 10 nitrogen and oxygen atoms in total. The van der Waals surface area contributed by atoms with E-state index in [1.165, 1.54) is 0 Å². The number of amides is 1. The van der Waals surface area contributed by atoms with Gasteiger partial charge in [-0.25, -0.2) is 9.78 Å². The number of carbonyl (C=O) groups excluding carboxylic acids is 1. The highest BCUT2D eigenvalue weighted by molar-refractivity contribution is 5.90. The Bertz CT molecular complexity index is 2200. The van der Waals surface area contributed by atoms with Gasteiger partial charge in [0, 0.05) is 40.3 Å². The van der Waals surface area contributed by atoms with E-state index in [-0.39, 0.29) is 6.04 Å². The van der Waals surface area contributed by atoms with Crippen molar-refractivity contribution >= 4 is 27.9 Å². The van der Waals surface area contributed by atoms with Gasteiger partial charge in [0.1, 0.15) is 5.60 Å². The normalized spacial score (nSPS) is 12.2. The molecular formula is C39H36N8O2. The van der Waals surface area contributed by atoms with Crippen molar-refractivity contribution < 1.29 is 9.53 Å². The summed E-state index contributed by atoms with van der Waals surface area (Å²) in [4.78, 5) is 30.4. The molecule has 0 aliphatic carbocycles. The molecule has 0 aliphatic heterocycles. The second kappa shape index (κ2) is 14.7. The van der Waals surface area contributed by atoms with Gasteiger partial charge in [-0.05, 0) is 95.3 Å². The van der Waals surface area contributed by atoms with E-state index in [1.54, 1.807) is 30.6 Å². The highest BCUT2D eigenvalue weighted by Crippen LogP contribution is 2.31. The monoisotopic (exact) mass is 648 g/mol. The van der Waals surface area contributed by atoms with Gasteiger partial charge in [-0.15, -0.1) is 0 Å². The molecule has 0 fully saturated rings. The van der Waals surface area contributed by atoms with E-state index in [0.29, 0.717) is 22.3 Å². The molecule has 3 N–H and O–H groups in total. The van der Waals surface area contributed by atoms with Gasteiger partial charge in [0.05, 0.1) is 63.1 Å². The molecule has 0 aliphatic rings. The second-order valence-electron chi connectivity index (χ2n) is 12.4. The van der Waals surface area contributed by atoms with Crippen LogP contribution in [0.5, 0.6) is 0 Å². The van der Waals surface area contributed by atoms with E-state index < -0.39 is 17.7 Å². The van der Waals surface area contributed by atoms with Gasteiger partial charge in [0.15, 0.2) is 0 Å². The van der Waals surface area contributed by atoms with E-state index in [9.17, 15) is 15.3 Å². The molecule has 49 heavy (non-hydrogen) atoms. The fourth-order valence-electron chi connectivity index (χ4n) is 5.30. The summed E-state index contributed by atoms with van der Waals surface area (Å²) >= 11 is 0. The number of aromatic nitrogens is 4. The number of hydrogen-bond acceptors (Lipinski definition) is 9. The maximum Gasteiger partial charge on any atom is 0.408 e. The zero-order chi connectivity index (χ0) is 35.1. The van der Waals surface area contributed by atoms with Gasteiger partial charge < -0.3 is 15.8 Å². The van der Waals surface area contributed by atoms with Crippen LogP contribution in [-0.4, -0.2) is 31.6 Å². The van der Waals surface area contributed by atoms with Gasteiger partial charge >= 0.3 is 6.09 Å². The van der Waals surface area contributed by atoms with Crippen LogP contribution in [0, 0.1) is 22.7 Å². The maximum absolute atomic E-state index is 12.2. The molecule has 2 unspecified atom stereocenters. The summed E-state index contributed by atoms with van der Waals surface area (Å²) in [7, 11) is 0. The van der Waals surface area contributed by atoms with Crippen LogP contribution >= 0.6 is 0 Å². The highest BCUT2D eigenvalue weighted by atomic mass is 16.6. The first-order valence-electron chi connectivity index (χ1n) is 15.7. The Hall–Kier alpha value is -6.23. The summed E-state index contributed by atoms with van der Waals surface area (Å²) in [5, 5.41) is 23.1. The number of alkyl carbamates (subject to hydrolysis) is 1. The number of nitrogens with zero attached hydrogens (tertiary/aromatic N) is 6. The smallest absolute Gasteiger partial charge is 0.408 e.